The van der Waals surface area contributed by atoms with Crippen LogP contribution in [0.5, 0.6) is 5.75 Å². The van der Waals surface area contributed by atoms with E-state index < -0.39 is 0 Å². The molecule has 2 rings (SSSR count). The zero-order valence-electron chi connectivity index (χ0n) is 12.3. The van der Waals surface area contributed by atoms with Crippen LogP contribution in [-0.2, 0) is 0 Å². The molecule has 2 N–H and O–H groups in total. The lowest BCUT2D eigenvalue weighted by Gasteiger charge is -2.36. The second kappa shape index (κ2) is 5.63. The van der Waals surface area contributed by atoms with Crippen molar-refractivity contribution < 1.29 is 4.74 Å². The van der Waals surface area contributed by atoms with Crippen LogP contribution < -0.4 is 15.4 Å². The summed E-state index contributed by atoms with van der Waals surface area (Å²) in [5.41, 5.74) is 0.405. The molecule has 1 atom stereocenters. The molecule has 0 aromatic carbocycles. The number of anilines is 2. The molecule has 0 amide bonds. The highest BCUT2D eigenvalue weighted by atomic mass is 16.5. The summed E-state index contributed by atoms with van der Waals surface area (Å²) in [7, 11) is 3.48. The Balaban J connectivity index is 2.14. The summed E-state index contributed by atoms with van der Waals surface area (Å²) in [4.78, 5) is 8.48. The average Bonchev–Trinajstić information content (AvgIpc) is 2.37. The third kappa shape index (κ3) is 3.28. The molecule has 1 aliphatic rings. The number of rotatable bonds is 4. The third-order valence-corrected chi connectivity index (χ3v) is 3.79. The quantitative estimate of drug-likeness (QED) is 0.875. The molecule has 0 saturated heterocycles. The fraction of sp³-hybridized carbons (Fsp3) is 0.714. The number of nitrogens with one attached hydrogen (secondary N) is 2. The number of nitrogens with zero attached hydrogens (tertiary/aromatic N) is 2. The summed E-state index contributed by atoms with van der Waals surface area (Å²) in [6, 6.07) is 0.456. The molecule has 1 aromatic rings. The Labute approximate surface area is 115 Å². The Hall–Kier alpha value is -1.52. The van der Waals surface area contributed by atoms with Gasteiger partial charge in [-0.05, 0) is 24.7 Å². The minimum Gasteiger partial charge on any atom is -0.490 e. The Kier molecular flexibility index (Phi) is 4.12. The Bertz CT molecular complexity index is 433. The van der Waals surface area contributed by atoms with Crippen molar-refractivity contribution >= 4 is 11.6 Å². The third-order valence-electron chi connectivity index (χ3n) is 3.79. The second-order valence-corrected chi connectivity index (χ2v) is 5.96. The van der Waals surface area contributed by atoms with Gasteiger partial charge in [0.15, 0.2) is 11.6 Å². The van der Waals surface area contributed by atoms with Gasteiger partial charge in [-0.25, -0.2) is 9.97 Å². The van der Waals surface area contributed by atoms with Gasteiger partial charge in [0.2, 0.25) is 5.75 Å². The summed E-state index contributed by atoms with van der Waals surface area (Å²) < 4.78 is 5.41. The molecule has 106 valence electrons. The Morgan fingerprint density at radius 1 is 1.32 bits per heavy atom. The van der Waals surface area contributed by atoms with Crippen LogP contribution in [-0.4, -0.2) is 30.2 Å². The minimum absolute atomic E-state index is 0.405. The first kappa shape index (κ1) is 13.9. The number of ether oxygens (including phenoxy) is 1. The van der Waals surface area contributed by atoms with Crippen LogP contribution in [0.15, 0.2) is 6.33 Å². The van der Waals surface area contributed by atoms with E-state index >= 15 is 0 Å². The first-order valence-corrected chi connectivity index (χ1v) is 6.89. The zero-order valence-corrected chi connectivity index (χ0v) is 12.3. The van der Waals surface area contributed by atoms with Crippen molar-refractivity contribution in [2.24, 2.45) is 5.41 Å². The average molecular weight is 264 g/mol. The normalized spacial score (nSPS) is 21.8. The highest BCUT2D eigenvalue weighted by molar-refractivity contribution is 5.63. The van der Waals surface area contributed by atoms with Gasteiger partial charge in [0.05, 0.1) is 7.11 Å². The first-order chi connectivity index (χ1) is 9.05. The van der Waals surface area contributed by atoms with Crippen LogP contribution in [0.3, 0.4) is 0 Å². The maximum atomic E-state index is 5.41. The monoisotopic (exact) mass is 264 g/mol. The standard InChI is InChI=1S/C14H24N4O/c1-14(2)7-5-6-10(8-14)18-13-11(19-4)12(15-3)16-9-17-13/h9-10H,5-8H2,1-4H3,(H2,15,16,17,18). The number of hydrogen-bond donors (Lipinski definition) is 2. The van der Waals surface area contributed by atoms with Crippen molar-refractivity contribution in [3.05, 3.63) is 6.33 Å². The molecule has 1 saturated carbocycles. The maximum Gasteiger partial charge on any atom is 0.204 e. The molecule has 0 aliphatic heterocycles. The topological polar surface area (TPSA) is 59.1 Å². The van der Waals surface area contributed by atoms with E-state index in [-0.39, 0.29) is 0 Å². The van der Waals surface area contributed by atoms with E-state index in [1.165, 1.54) is 19.3 Å². The van der Waals surface area contributed by atoms with Crippen LogP contribution in [0.4, 0.5) is 11.6 Å². The van der Waals surface area contributed by atoms with Gasteiger partial charge in [-0.3, -0.25) is 0 Å². The Morgan fingerprint density at radius 2 is 2.05 bits per heavy atom. The van der Waals surface area contributed by atoms with Gasteiger partial charge in [0, 0.05) is 13.1 Å². The van der Waals surface area contributed by atoms with Crippen LogP contribution in [0, 0.1) is 5.41 Å². The SMILES string of the molecule is CNc1ncnc(NC2CCCC(C)(C)C2)c1OC. The van der Waals surface area contributed by atoms with Gasteiger partial charge in [0.25, 0.3) is 0 Å². The lowest BCUT2D eigenvalue weighted by Crippen LogP contribution is -2.32. The molecule has 0 bridgehead atoms. The molecule has 0 radical (unpaired) electrons. The fourth-order valence-corrected chi connectivity index (χ4v) is 2.86. The van der Waals surface area contributed by atoms with Gasteiger partial charge in [0.1, 0.15) is 6.33 Å². The highest BCUT2D eigenvalue weighted by Gasteiger charge is 2.28. The van der Waals surface area contributed by atoms with Crippen molar-refractivity contribution in [2.45, 2.75) is 45.6 Å². The van der Waals surface area contributed by atoms with Crippen molar-refractivity contribution in [3.8, 4) is 5.75 Å². The van der Waals surface area contributed by atoms with Gasteiger partial charge in [-0.2, -0.15) is 0 Å². The number of methoxy groups -OCH3 is 1. The summed E-state index contributed by atoms with van der Waals surface area (Å²) >= 11 is 0. The molecule has 1 heterocycles. The molecule has 5 heteroatoms. The lowest BCUT2D eigenvalue weighted by molar-refractivity contribution is 0.229. The second-order valence-electron chi connectivity index (χ2n) is 5.96. The zero-order chi connectivity index (χ0) is 13.9. The van der Waals surface area contributed by atoms with Gasteiger partial charge in [-0.15, -0.1) is 0 Å². The molecular formula is C14H24N4O. The van der Waals surface area contributed by atoms with E-state index in [1.54, 1.807) is 13.4 Å². The number of aromatic nitrogens is 2. The molecule has 1 aromatic heterocycles. The van der Waals surface area contributed by atoms with Crippen LogP contribution in [0.25, 0.3) is 0 Å². The molecule has 0 spiro atoms. The van der Waals surface area contributed by atoms with Gasteiger partial charge >= 0.3 is 0 Å². The number of hydrogen-bond acceptors (Lipinski definition) is 5. The van der Waals surface area contributed by atoms with Crippen molar-refractivity contribution in [1.82, 2.24) is 9.97 Å². The molecule has 1 fully saturated rings. The summed E-state index contributed by atoms with van der Waals surface area (Å²) in [6.07, 6.45) is 6.47. The van der Waals surface area contributed by atoms with Crippen LogP contribution in [0.2, 0.25) is 0 Å². The molecule has 1 unspecified atom stereocenters. The molecular weight excluding hydrogens is 240 g/mol. The molecule has 19 heavy (non-hydrogen) atoms. The smallest absolute Gasteiger partial charge is 0.204 e. The van der Waals surface area contributed by atoms with E-state index in [0.29, 0.717) is 17.2 Å². The largest absolute Gasteiger partial charge is 0.490 e. The van der Waals surface area contributed by atoms with E-state index in [2.05, 4.69) is 34.4 Å². The van der Waals surface area contributed by atoms with Crippen LogP contribution in [0.1, 0.15) is 39.5 Å². The summed E-state index contributed by atoms with van der Waals surface area (Å²) in [5.74, 6) is 2.19. The Morgan fingerprint density at radius 3 is 2.68 bits per heavy atom. The van der Waals surface area contributed by atoms with Gasteiger partial charge < -0.3 is 15.4 Å². The van der Waals surface area contributed by atoms with Crippen LogP contribution >= 0.6 is 0 Å². The lowest BCUT2D eigenvalue weighted by atomic mass is 9.75. The minimum atomic E-state index is 0.405. The van der Waals surface area contributed by atoms with Crippen molar-refractivity contribution in [2.75, 3.05) is 24.8 Å². The van der Waals surface area contributed by atoms with Gasteiger partial charge in [-0.1, -0.05) is 20.3 Å². The molecule has 1 aliphatic carbocycles. The van der Waals surface area contributed by atoms with Crippen molar-refractivity contribution in [3.63, 3.8) is 0 Å². The summed E-state index contributed by atoms with van der Waals surface area (Å²) in [5, 5.41) is 6.54. The van der Waals surface area contributed by atoms with Crippen molar-refractivity contribution in [1.29, 1.82) is 0 Å². The molecule has 5 nitrogen and oxygen atoms in total. The maximum absolute atomic E-state index is 5.41. The van der Waals surface area contributed by atoms with E-state index in [0.717, 1.165) is 18.1 Å². The highest BCUT2D eigenvalue weighted by Crippen LogP contribution is 2.37. The van der Waals surface area contributed by atoms with E-state index in [4.69, 9.17) is 4.74 Å². The van der Waals surface area contributed by atoms with E-state index in [1.807, 2.05) is 7.05 Å². The predicted molar refractivity (Wildman–Crippen MR) is 77.8 cm³/mol. The fourth-order valence-electron chi connectivity index (χ4n) is 2.86. The summed E-state index contributed by atoms with van der Waals surface area (Å²) in [6.45, 7) is 4.66. The van der Waals surface area contributed by atoms with E-state index in [9.17, 15) is 0 Å². The first-order valence-electron chi connectivity index (χ1n) is 6.89. The predicted octanol–water partition coefficient (Wildman–Crippen LogP) is 2.91.